The number of nitrogens with two attached hydrogens (primary N) is 1. The van der Waals surface area contributed by atoms with Gasteiger partial charge in [-0.15, -0.1) is 0 Å². The fraction of sp³-hybridized carbons (Fsp3) is 0.278. The van der Waals surface area contributed by atoms with Gasteiger partial charge < -0.3 is 20.5 Å². The second-order valence-electron chi connectivity index (χ2n) is 6.28. The van der Waals surface area contributed by atoms with Crippen LogP contribution in [0.25, 0.3) is 22.2 Å². The second kappa shape index (κ2) is 6.92. The highest BCUT2D eigenvalue weighted by Gasteiger charge is 2.16. The number of anilines is 1. The minimum absolute atomic E-state index is 0.0247. The average Bonchev–Trinajstić information content (AvgIpc) is 2.93. The molecule has 0 saturated heterocycles. The van der Waals surface area contributed by atoms with Gasteiger partial charge >= 0.3 is 0 Å². The zero-order chi connectivity index (χ0) is 18.9. The molecule has 0 aromatic carbocycles. The predicted octanol–water partition coefficient (Wildman–Crippen LogP) is 1.84. The molecule has 134 valence electrons. The first-order valence-electron chi connectivity index (χ1n) is 7.92. The Balaban J connectivity index is 2.23. The predicted molar refractivity (Wildman–Crippen MR) is 100 cm³/mol. The third kappa shape index (κ3) is 3.78. The summed E-state index contributed by atoms with van der Waals surface area (Å²) in [6, 6.07) is 1.80. The molecule has 0 aliphatic carbocycles. The summed E-state index contributed by atoms with van der Waals surface area (Å²) in [6.45, 7) is 3.57. The fourth-order valence-corrected chi connectivity index (χ4v) is 2.72. The SMILES string of the molecule is CC(C)(O)C#Cc1cc2c(-c3nc(N)ncc3Cl)cn(CCO)c2cn1. The molecular formula is C18H18ClN5O2. The van der Waals surface area contributed by atoms with Crippen molar-refractivity contribution in [1.82, 2.24) is 19.5 Å². The summed E-state index contributed by atoms with van der Waals surface area (Å²) >= 11 is 6.26. The summed E-state index contributed by atoms with van der Waals surface area (Å²) in [4.78, 5) is 12.5. The third-order valence-corrected chi connectivity index (χ3v) is 3.90. The van der Waals surface area contributed by atoms with Gasteiger partial charge in [0.1, 0.15) is 11.3 Å². The van der Waals surface area contributed by atoms with E-state index in [9.17, 15) is 10.2 Å². The first-order chi connectivity index (χ1) is 12.3. The Morgan fingerprint density at radius 3 is 2.77 bits per heavy atom. The molecule has 0 bridgehead atoms. The number of halogens is 1. The van der Waals surface area contributed by atoms with Gasteiger partial charge in [0.25, 0.3) is 0 Å². The highest BCUT2D eigenvalue weighted by Crippen LogP contribution is 2.33. The average molecular weight is 372 g/mol. The molecule has 3 heterocycles. The maximum absolute atomic E-state index is 9.78. The van der Waals surface area contributed by atoms with Crippen molar-refractivity contribution in [2.75, 3.05) is 12.3 Å². The first-order valence-corrected chi connectivity index (χ1v) is 8.30. The Hall–Kier alpha value is -2.66. The van der Waals surface area contributed by atoms with Crippen molar-refractivity contribution in [3.05, 3.63) is 35.4 Å². The topological polar surface area (TPSA) is 110 Å². The molecule has 0 aliphatic heterocycles. The Bertz CT molecular complexity index is 1030. The van der Waals surface area contributed by atoms with Crippen molar-refractivity contribution < 1.29 is 10.2 Å². The van der Waals surface area contributed by atoms with Crippen LogP contribution in [0.1, 0.15) is 19.5 Å². The molecule has 4 N–H and O–H groups in total. The van der Waals surface area contributed by atoms with E-state index in [0.717, 1.165) is 16.5 Å². The Labute approximate surface area is 155 Å². The van der Waals surface area contributed by atoms with Crippen LogP contribution in [0.2, 0.25) is 5.02 Å². The van der Waals surface area contributed by atoms with Crippen molar-refractivity contribution in [2.24, 2.45) is 0 Å². The number of nitrogens with zero attached hydrogens (tertiary/aromatic N) is 4. The van der Waals surface area contributed by atoms with Gasteiger partial charge in [-0.2, -0.15) is 0 Å². The van der Waals surface area contributed by atoms with Gasteiger partial charge in [-0.3, -0.25) is 0 Å². The normalized spacial score (nSPS) is 11.4. The summed E-state index contributed by atoms with van der Waals surface area (Å²) in [5.74, 6) is 5.72. The van der Waals surface area contributed by atoms with E-state index >= 15 is 0 Å². The number of aliphatic hydroxyl groups is 2. The lowest BCUT2D eigenvalue weighted by molar-refractivity contribution is 0.143. The summed E-state index contributed by atoms with van der Waals surface area (Å²) in [5, 5.41) is 20.3. The largest absolute Gasteiger partial charge is 0.395 e. The van der Waals surface area contributed by atoms with Crippen LogP contribution in [0.5, 0.6) is 0 Å². The van der Waals surface area contributed by atoms with Gasteiger partial charge in [0.2, 0.25) is 5.95 Å². The van der Waals surface area contributed by atoms with Crippen LogP contribution in [0.4, 0.5) is 5.95 Å². The zero-order valence-electron chi connectivity index (χ0n) is 14.4. The molecule has 8 heteroatoms. The molecule has 26 heavy (non-hydrogen) atoms. The highest BCUT2D eigenvalue weighted by atomic mass is 35.5. The Kier molecular flexibility index (Phi) is 4.83. The summed E-state index contributed by atoms with van der Waals surface area (Å²) in [7, 11) is 0. The van der Waals surface area contributed by atoms with Gasteiger partial charge in [-0.25, -0.2) is 15.0 Å². The number of pyridine rings is 1. The minimum atomic E-state index is -1.12. The number of hydrogen-bond acceptors (Lipinski definition) is 6. The molecular weight excluding hydrogens is 354 g/mol. The van der Waals surface area contributed by atoms with E-state index in [2.05, 4.69) is 26.8 Å². The molecule has 3 aromatic rings. The van der Waals surface area contributed by atoms with Crippen LogP contribution in [0.15, 0.2) is 24.7 Å². The van der Waals surface area contributed by atoms with Gasteiger partial charge in [0.05, 0.1) is 35.2 Å². The molecule has 0 unspecified atom stereocenters. The smallest absolute Gasteiger partial charge is 0.220 e. The van der Waals surface area contributed by atoms with E-state index in [1.807, 2.05) is 10.8 Å². The molecule has 0 amide bonds. The lowest BCUT2D eigenvalue weighted by atomic mass is 10.1. The van der Waals surface area contributed by atoms with Gasteiger partial charge in [-0.05, 0) is 25.8 Å². The van der Waals surface area contributed by atoms with Crippen molar-refractivity contribution in [1.29, 1.82) is 0 Å². The summed E-state index contributed by atoms with van der Waals surface area (Å²) < 4.78 is 1.86. The lowest BCUT2D eigenvalue weighted by Gasteiger charge is -2.06. The second-order valence-corrected chi connectivity index (χ2v) is 6.69. The Morgan fingerprint density at radius 1 is 1.31 bits per heavy atom. The standard InChI is InChI=1S/C18H18ClN5O2/c1-18(2,26)4-3-11-7-12-13(16-14(19)8-22-17(20)23-16)10-24(5-6-25)15(12)9-21-11/h7-10,25-26H,5-6H2,1-2H3,(H2,20,22,23). The monoisotopic (exact) mass is 371 g/mol. The Morgan fingerprint density at radius 2 is 2.08 bits per heavy atom. The van der Waals surface area contributed by atoms with Crippen LogP contribution >= 0.6 is 11.6 Å². The van der Waals surface area contributed by atoms with Crippen LogP contribution < -0.4 is 5.73 Å². The molecule has 0 aliphatic rings. The van der Waals surface area contributed by atoms with E-state index in [1.54, 1.807) is 26.1 Å². The highest BCUT2D eigenvalue weighted by molar-refractivity contribution is 6.33. The lowest BCUT2D eigenvalue weighted by Crippen LogP contribution is -2.14. The van der Waals surface area contributed by atoms with Gasteiger partial charge in [0, 0.05) is 23.7 Å². The van der Waals surface area contributed by atoms with E-state index in [-0.39, 0.29) is 12.6 Å². The number of nitrogen functional groups attached to an aromatic ring is 1. The van der Waals surface area contributed by atoms with Crippen LogP contribution in [0, 0.1) is 11.8 Å². The van der Waals surface area contributed by atoms with Crippen molar-refractivity contribution in [2.45, 2.75) is 26.0 Å². The first kappa shape index (κ1) is 18.1. The summed E-state index contributed by atoms with van der Waals surface area (Å²) in [6.07, 6.45) is 4.95. The maximum atomic E-state index is 9.78. The van der Waals surface area contributed by atoms with Crippen LogP contribution in [-0.4, -0.2) is 41.9 Å². The van der Waals surface area contributed by atoms with Gasteiger partial charge in [-0.1, -0.05) is 17.5 Å². The quantitative estimate of drug-likeness (QED) is 0.606. The molecule has 3 rings (SSSR count). The molecule has 0 saturated carbocycles. The van der Waals surface area contributed by atoms with Crippen molar-refractivity contribution in [3.8, 4) is 23.1 Å². The van der Waals surface area contributed by atoms with E-state index in [0.29, 0.717) is 23.0 Å². The molecule has 0 radical (unpaired) electrons. The third-order valence-electron chi connectivity index (χ3n) is 3.62. The number of rotatable bonds is 3. The maximum Gasteiger partial charge on any atom is 0.220 e. The molecule has 0 fully saturated rings. The minimum Gasteiger partial charge on any atom is -0.395 e. The number of hydrogen-bond donors (Lipinski definition) is 3. The molecule has 0 spiro atoms. The van der Waals surface area contributed by atoms with Crippen LogP contribution in [-0.2, 0) is 6.54 Å². The van der Waals surface area contributed by atoms with E-state index < -0.39 is 5.60 Å². The number of aromatic nitrogens is 4. The van der Waals surface area contributed by atoms with Crippen LogP contribution in [0.3, 0.4) is 0 Å². The van der Waals surface area contributed by atoms with Crippen molar-refractivity contribution >= 4 is 28.5 Å². The molecule has 0 atom stereocenters. The van der Waals surface area contributed by atoms with Gasteiger partial charge in [0.15, 0.2) is 0 Å². The van der Waals surface area contributed by atoms with E-state index in [1.165, 1.54) is 6.20 Å². The zero-order valence-corrected chi connectivity index (χ0v) is 15.1. The summed E-state index contributed by atoms with van der Waals surface area (Å²) in [5.41, 5.74) is 7.13. The van der Waals surface area contributed by atoms with E-state index in [4.69, 9.17) is 17.3 Å². The molecule has 3 aromatic heterocycles. The molecule has 7 nitrogen and oxygen atoms in total. The fourth-order valence-electron chi connectivity index (χ4n) is 2.52. The number of fused-ring (bicyclic) bond motifs is 1. The number of aliphatic hydroxyl groups excluding tert-OH is 1. The van der Waals surface area contributed by atoms with Crippen molar-refractivity contribution in [3.63, 3.8) is 0 Å².